The molecule has 0 unspecified atom stereocenters. The summed E-state index contributed by atoms with van der Waals surface area (Å²) in [4.78, 5) is 36.1. The molecule has 0 heterocycles. The second kappa shape index (κ2) is 6.07. The number of ketones is 1. The van der Waals surface area contributed by atoms with Gasteiger partial charge in [-0.05, 0) is 39.0 Å². The lowest BCUT2D eigenvalue weighted by Crippen LogP contribution is -2.39. The summed E-state index contributed by atoms with van der Waals surface area (Å²) in [5.41, 5.74) is 0.860. The highest BCUT2D eigenvalue weighted by molar-refractivity contribution is 6.01. The summed E-state index contributed by atoms with van der Waals surface area (Å²) in [6.07, 6.45) is 5.12. The Balaban J connectivity index is 2.40. The first-order valence-electron chi connectivity index (χ1n) is 7.40. The molecule has 0 amide bonds. The SMILES string of the molecule is COC(=O)C1(C(=O)OC)CC2=C(C)C[C@@H](C(C)=O)C=C[C@@H]2C1. The molecule has 22 heavy (non-hydrogen) atoms. The molecule has 0 N–H and O–H groups in total. The molecular formula is C17H22O5. The van der Waals surface area contributed by atoms with E-state index in [9.17, 15) is 14.4 Å². The third kappa shape index (κ3) is 2.60. The number of carbonyl (C=O) groups excluding carboxylic acids is 3. The van der Waals surface area contributed by atoms with Gasteiger partial charge in [0.25, 0.3) is 0 Å². The van der Waals surface area contributed by atoms with Gasteiger partial charge in [-0.2, -0.15) is 0 Å². The first-order chi connectivity index (χ1) is 10.4. The van der Waals surface area contributed by atoms with Crippen molar-refractivity contribution >= 4 is 17.7 Å². The number of hydrogen-bond donors (Lipinski definition) is 0. The van der Waals surface area contributed by atoms with Gasteiger partial charge in [0.15, 0.2) is 5.41 Å². The van der Waals surface area contributed by atoms with Gasteiger partial charge in [0.05, 0.1) is 14.2 Å². The summed E-state index contributed by atoms with van der Waals surface area (Å²) in [6.45, 7) is 3.55. The van der Waals surface area contributed by atoms with Gasteiger partial charge in [-0.1, -0.05) is 23.3 Å². The van der Waals surface area contributed by atoms with Gasteiger partial charge in [0, 0.05) is 5.92 Å². The summed E-state index contributed by atoms with van der Waals surface area (Å²) in [5.74, 6) is -1.12. The monoisotopic (exact) mass is 306 g/mol. The van der Waals surface area contributed by atoms with Crippen LogP contribution in [0.25, 0.3) is 0 Å². The van der Waals surface area contributed by atoms with Crippen molar-refractivity contribution in [3.05, 3.63) is 23.3 Å². The van der Waals surface area contributed by atoms with E-state index in [0.717, 1.165) is 11.1 Å². The van der Waals surface area contributed by atoms with Crippen molar-refractivity contribution < 1.29 is 23.9 Å². The van der Waals surface area contributed by atoms with E-state index in [2.05, 4.69) is 0 Å². The van der Waals surface area contributed by atoms with Gasteiger partial charge >= 0.3 is 11.9 Å². The first kappa shape index (κ1) is 16.5. The van der Waals surface area contributed by atoms with E-state index in [0.29, 0.717) is 19.3 Å². The lowest BCUT2D eigenvalue weighted by molar-refractivity contribution is -0.168. The molecule has 0 radical (unpaired) electrons. The fraction of sp³-hybridized carbons (Fsp3) is 0.588. The van der Waals surface area contributed by atoms with Crippen LogP contribution in [0.4, 0.5) is 0 Å². The zero-order chi connectivity index (χ0) is 16.5. The highest BCUT2D eigenvalue weighted by Crippen LogP contribution is 2.50. The lowest BCUT2D eigenvalue weighted by Gasteiger charge is -2.22. The quantitative estimate of drug-likeness (QED) is 0.454. The Bertz CT molecular complexity index is 554. The van der Waals surface area contributed by atoms with Crippen molar-refractivity contribution in [3.63, 3.8) is 0 Å². The minimum absolute atomic E-state index is 0.0254. The molecule has 0 aliphatic heterocycles. The van der Waals surface area contributed by atoms with Crippen LogP contribution in [0.3, 0.4) is 0 Å². The van der Waals surface area contributed by atoms with Crippen molar-refractivity contribution in [1.82, 2.24) is 0 Å². The fourth-order valence-electron chi connectivity index (χ4n) is 3.54. The smallest absolute Gasteiger partial charge is 0.323 e. The van der Waals surface area contributed by atoms with Crippen LogP contribution in [-0.2, 0) is 23.9 Å². The van der Waals surface area contributed by atoms with Crippen LogP contribution in [0.2, 0.25) is 0 Å². The maximum Gasteiger partial charge on any atom is 0.323 e. The van der Waals surface area contributed by atoms with E-state index in [-0.39, 0.29) is 17.6 Å². The number of ether oxygens (including phenoxy) is 2. The van der Waals surface area contributed by atoms with Gasteiger partial charge in [-0.25, -0.2) is 0 Å². The summed E-state index contributed by atoms with van der Waals surface area (Å²) in [5, 5.41) is 0. The average molecular weight is 306 g/mol. The average Bonchev–Trinajstić information content (AvgIpc) is 2.83. The van der Waals surface area contributed by atoms with Gasteiger partial charge in [0.1, 0.15) is 5.78 Å². The molecule has 0 aromatic heterocycles. The highest BCUT2D eigenvalue weighted by atomic mass is 16.5. The maximum absolute atomic E-state index is 12.2. The van der Waals surface area contributed by atoms with Crippen LogP contribution in [0.15, 0.2) is 23.3 Å². The molecule has 0 aromatic carbocycles. The number of methoxy groups -OCH3 is 2. The van der Waals surface area contributed by atoms with E-state index < -0.39 is 17.4 Å². The fourth-order valence-corrected chi connectivity index (χ4v) is 3.54. The molecule has 120 valence electrons. The van der Waals surface area contributed by atoms with Crippen molar-refractivity contribution in [1.29, 1.82) is 0 Å². The van der Waals surface area contributed by atoms with Crippen molar-refractivity contribution in [2.45, 2.75) is 33.1 Å². The molecule has 0 saturated heterocycles. The van der Waals surface area contributed by atoms with Crippen molar-refractivity contribution in [3.8, 4) is 0 Å². The number of carbonyl (C=O) groups is 3. The number of Topliss-reactive ketones (excluding diaryl/α,β-unsaturated/α-hetero) is 1. The standard InChI is InChI=1S/C17H22O5/c1-10-7-12(11(2)18)5-6-13-8-17(9-14(10)13,15(19)21-3)16(20)22-4/h5-6,12-13H,7-9H2,1-4H3/t12-,13+/m0/s1. The maximum atomic E-state index is 12.2. The van der Waals surface area contributed by atoms with Crippen LogP contribution < -0.4 is 0 Å². The Hall–Kier alpha value is -1.91. The Morgan fingerprint density at radius 3 is 2.23 bits per heavy atom. The predicted molar refractivity (Wildman–Crippen MR) is 79.8 cm³/mol. The molecular weight excluding hydrogens is 284 g/mol. The first-order valence-corrected chi connectivity index (χ1v) is 7.40. The molecule has 2 rings (SSSR count). The lowest BCUT2D eigenvalue weighted by atomic mass is 9.84. The summed E-state index contributed by atoms with van der Waals surface area (Å²) >= 11 is 0. The molecule has 0 spiro atoms. The number of allylic oxidation sites excluding steroid dienone is 4. The zero-order valence-electron chi connectivity index (χ0n) is 13.5. The number of esters is 2. The molecule has 2 aliphatic rings. The Labute approximate surface area is 130 Å². The molecule has 2 aliphatic carbocycles. The summed E-state index contributed by atoms with van der Waals surface area (Å²) < 4.78 is 9.70. The topological polar surface area (TPSA) is 69.7 Å². The minimum Gasteiger partial charge on any atom is -0.468 e. The second-order valence-electron chi connectivity index (χ2n) is 6.16. The van der Waals surface area contributed by atoms with Crippen molar-refractivity contribution in [2.75, 3.05) is 14.2 Å². The molecule has 0 aromatic rings. The van der Waals surface area contributed by atoms with E-state index >= 15 is 0 Å². The molecule has 5 nitrogen and oxygen atoms in total. The minimum atomic E-state index is -1.27. The van der Waals surface area contributed by atoms with Crippen LogP contribution in [0.5, 0.6) is 0 Å². The highest BCUT2D eigenvalue weighted by Gasteiger charge is 2.55. The van der Waals surface area contributed by atoms with Crippen LogP contribution in [-0.4, -0.2) is 31.9 Å². The second-order valence-corrected chi connectivity index (χ2v) is 6.16. The van der Waals surface area contributed by atoms with Crippen molar-refractivity contribution in [2.24, 2.45) is 17.3 Å². The zero-order valence-corrected chi connectivity index (χ0v) is 13.5. The van der Waals surface area contributed by atoms with Crippen LogP contribution in [0, 0.1) is 17.3 Å². The molecule has 1 saturated carbocycles. The number of fused-ring (bicyclic) bond motifs is 1. The normalized spacial score (nSPS) is 26.2. The third-order valence-corrected chi connectivity index (χ3v) is 4.83. The number of hydrogen-bond acceptors (Lipinski definition) is 5. The summed E-state index contributed by atoms with van der Waals surface area (Å²) in [6, 6.07) is 0. The van der Waals surface area contributed by atoms with E-state index in [1.807, 2.05) is 19.1 Å². The summed E-state index contributed by atoms with van der Waals surface area (Å²) in [7, 11) is 2.56. The predicted octanol–water partition coefficient (Wildman–Crippen LogP) is 2.21. The Morgan fingerprint density at radius 1 is 1.14 bits per heavy atom. The molecule has 1 fully saturated rings. The largest absolute Gasteiger partial charge is 0.468 e. The van der Waals surface area contributed by atoms with Gasteiger partial charge in [0.2, 0.25) is 0 Å². The van der Waals surface area contributed by atoms with Crippen LogP contribution >= 0.6 is 0 Å². The van der Waals surface area contributed by atoms with Gasteiger partial charge in [-0.3, -0.25) is 14.4 Å². The Morgan fingerprint density at radius 2 is 1.73 bits per heavy atom. The molecule has 5 heteroatoms. The molecule has 2 atom stereocenters. The Kier molecular flexibility index (Phi) is 4.54. The van der Waals surface area contributed by atoms with Gasteiger partial charge in [-0.15, -0.1) is 0 Å². The van der Waals surface area contributed by atoms with Gasteiger partial charge < -0.3 is 9.47 Å². The van der Waals surface area contributed by atoms with Crippen LogP contribution in [0.1, 0.15) is 33.1 Å². The van der Waals surface area contributed by atoms with E-state index in [1.165, 1.54) is 14.2 Å². The van der Waals surface area contributed by atoms with E-state index in [4.69, 9.17) is 9.47 Å². The third-order valence-electron chi connectivity index (χ3n) is 4.83. The molecule has 0 bridgehead atoms. The number of rotatable bonds is 3. The van der Waals surface area contributed by atoms with E-state index in [1.54, 1.807) is 6.92 Å².